The van der Waals surface area contributed by atoms with Crippen molar-refractivity contribution < 1.29 is 9.18 Å². The van der Waals surface area contributed by atoms with Crippen molar-refractivity contribution in [2.24, 2.45) is 7.05 Å². The van der Waals surface area contributed by atoms with Gasteiger partial charge in [-0.15, -0.1) is 0 Å². The minimum absolute atomic E-state index is 0.150. The second kappa shape index (κ2) is 9.90. The van der Waals surface area contributed by atoms with Crippen LogP contribution in [0.15, 0.2) is 54.9 Å². The van der Waals surface area contributed by atoms with Crippen molar-refractivity contribution in [1.29, 1.82) is 0 Å². The van der Waals surface area contributed by atoms with Gasteiger partial charge in [0, 0.05) is 67.4 Å². The monoisotopic (exact) mass is 500 g/mol. The van der Waals surface area contributed by atoms with E-state index in [1.165, 1.54) is 13.0 Å². The number of hydrogen-bond acceptors (Lipinski definition) is 6. The van der Waals surface area contributed by atoms with E-state index in [9.17, 15) is 4.79 Å². The lowest BCUT2D eigenvalue weighted by atomic mass is 10.1. The summed E-state index contributed by atoms with van der Waals surface area (Å²) >= 11 is 0. The van der Waals surface area contributed by atoms with Gasteiger partial charge in [0.2, 0.25) is 11.9 Å². The van der Waals surface area contributed by atoms with Gasteiger partial charge in [-0.3, -0.25) is 4.79 Å². The Hall–Kier alpha value is -4.44. The molecular weight excluding hydrogens is 471 g/mol. The van der Waals surface area contributed by atoms with Gasteiger partial charge in [-0.25, -0.2) is 9.37 Å². The van der Waals surface area contributed by atoms with E-state index in [-0.39, 0.29) is 17.5 Å². The Labute approximate surface area is 213 Å². The molecule has 1 amide bonds. The first-order valence-electron chi connectivity index (χ1n) is 12.0. The van der Waals surface area contributed by atoms with Gasteiger partial charge in [0.15, 0.2) is 0 Å². The molecule has 0 fully saturated rings. The predicted octanol–water partition coefficient (Wildman–Crippen LogP) is 4.93. The quantitative estimate of drug-likeness (QED) is 0.241. The molecule has 0 radical (unpaired) electrons. The maximum absolute atomic E-state index is 15.2. The fourth-order valence-electron chi connectivity index (χ4n) is 4.38. The topological polar surface area (TPSA) is 103 Å². The highest BCUT2D eigenvalue weighted by molar-refractivity contribution is 6.03. The average molecular weight is 501 g/mol. The number of aryl methyl sites for hydroxylation is 1. The lowest BCUT2D eigenvalue weighted by molar-refractivity contribution is -0.114. The Morgan fingerprint density at radius 1 is 1.08 bits per heavy atom. The molecular formula is C27H29FN8O. The van der Waals surface area contributed by atoms with Gasteiger partial charge in [0.25, 0.3) is 0 Å². The van der Waals surface area contributed by atoms with Gasteiger partial charge in [0.05, 0.1) is 22.8 Å². The van der Waals surface area contributed by atoms with Crippen LogP contribution in [0.5, 0.6) is 0 Å². The fourth-order valence-corrected chi connectivity index (χ4v) is 4.38. The average Bonchev–Trinajstić information content (AvgIpc) is 3.45. The number of carbonyl (C=O) groups excluding carboxylic acids is 1. The SMILES string of the molecule is CC(=O)Nc1cc(Nc2nc(-c3cn(C)c4ccccc34)c3cc[nH]c3n2)c(F)cc1NCCN(C)C. The van der Waals surface area contributed by atoms with Crippen LogP contribution >= 0.6 is 0 Å². The zero-order chi connectivity index (χ0) is 26.1. The number of nitrogens with zero attached hydrogens (tertiary/aromatic N) is 4. The number of nitrogens with one attached hydrogen (secondary N) is 4. The van der Waals surface area contributed by atoms with Crippen molar-refractivity contribution >= 4 is 50.9 Å². The Bertz CT molecular complexity index is 1600. The van der Waals surface area contributed by atoms with Crippen LogP contribution in [-0.4, -0.2) is 57.5 Å². The van der Waals surface area contributed by atoms with Crippen LogP contribution in [0, 0.1) is 5.82 Å². The number of anilines is 4. The number of hydrogen-bond donors (Lipinski definition) is 4. The molecule has 0 aliphatic carbocycles. The van der Waals surface area contributed by atoms with Crippen LogP contribution in [0.2, 0.25) is 0 Å². The van der Waals surface area contributed by atoms with Crippen molar-refractivity contribution in [3.05, 3.63) is 60.7 Å². The summed E-state index contributed by atoms with van der Waals surface area (Å²) in [5.41, 5.74) is 4.50. The van der Waals surface area contributed by atoms with E-state index in [0.717, 1.165) is 34.1 Å². The number of aromatic amines is 1. The molecule has 3 aromatic heterocycles. The number of aromatic nitrogens is 4. The number of halogens is 1. The predicted molar refractivity (Wildman–Crippen MR) is 147 cm³/mol. The standard InChI is InChI=1S/C27H29FN8O/c1-16(37)31-23-14-21(20(28)13-22(23)29-11-12-35(2)3)32-27-33-25(18-9-10-30-26(18)34-27)19-15-36(4)24-8-6-5-7-17(19)24/h5-10,13-15,29H,11-12H2,1-4H3,(H,31,37)(H2,30,32,33,34). The number of carbonyl (C=O) groups is 1. The van der Waals surface area contributed by atoms with Crippen LogP contribution in [0.25, 0.3) is 33.2 Å². The molecule has 0 saturated carbocycles. The van der Waals surface area contributed by atoms with Gasteiger partial charge in [0.1, 0.15) is 11.5 Å². The second-order valence-corrected chi connectivity index (χ2v) is 9.22. The van der Waals surface area contributed by atoms with Gasteiger partial charge >= 0.3 is 0 Å². The molecule has 4 N–H and O–H groups in total. The third-order valence-electron chi connectivity index (χ3n) is 6.11. The number of likely N-dealkylation sites (N-methyl/N-ethyl adjacent to an activating group) is 1. The Kier molecular flexibility index (Phi) is 6.49. The third-order valence-corrected chi connectivity index (χ3v) is 6.11. The highest BCUT2D eigenvalue weighted by Gasteiger charge is 2.18. The molecule has 5 rings (SSSR count). The highest BCUT2D eigenvalue weighted by Crippen LogP contribution is 2.35. The minimum Gasteiger partial charge on any atom is -0.382 e. The zero-order valence-corrected chi connectivity index (χ0v) is 21.2. The third kappa shape index (κ3) is 4.96. The molecule has 0 aliphatic heterocycles. The first-order valence-corrected chi connectivity index (χ1v) is 12.0. The molecule has 5 aromatic rings. The van der Waals surface area contributed by atoms with Crippen LogP contribution in [0.3, 0.4) is 0 Å². The maximum Gasteiger partial charge on any atom is 0.229 e. The van der Waals surface area contributed by atoms with E-state index in [4.69, 9.17) is 4.98 Å². The normalized spacial score (nSPS) is 11.4. The molecule has 0 unspecified atom stereocenters. The summed E-state index contributed by atoms with van der Waals surface area (Å²) in [4.78, 5) is 26.4. The molecule has 9 nitrogen and oxygen atoms in total. The highest BCUT2D eigenvalue weighted by atomic mass is 19.1. The van der Waals surface area contributed by atoms with E-state index in [1.54, 1.807) is 12.3 Å². The molecule has 2 aromatic carbocycles. The Morgan fingerprint density at radius 2 is 1.89 bits per heavy atom. The number of H-pyrrole nitrogens is 1. The number of fused-ring (bicyclic) bond motifs is 2. The number of benzene rings is 2. The largest absolute Gasteiger partial charge is 0.382 e. The zero-order valence-electron chi connectivity index (χ0n) is 21.2. The van der Waals surface area contributed by atoms with E-state index in [0.29, 0.717) is 23.6 Å². The number of para-hydroxylation sites is 1. The minimum atomic E-state index is -0.497. The van der Waals surface area contributed by atoms with Crippen LogP contribution in [-0.2, 0) is 11.8 Å². The van der Waals surface area contributed by atoms with Gasteiger partial charge in [-0.1, -0.05) is 18.2 Å². The summed E-state index contributed by atoms with van der Waals surface area (Å²) in [7, 11) is 5.91. The van der Waals surface area contributed by atoms with Gasteiger partial charge < -0.3 is 30.4 Å². The van der Waals surface area contributed by atoms with Crippen molar-refractivity contribution in [3.8, 4) is 11.3 Å². The van der Waals surface area contributed by atoms with Crippen molar-refractivity contribution in [2.75, 3.05) is 43.1 Å². The fraction of sp³-hybridized carbons (Fsp3) is 0.222. The number of amides is 1. The lowest BCUT2D eigenvalue weighted by Gasteiger charge is -2.17. The molecule has 0 spiro atoms. The Morgan fingerprint density at radius 3 is 2.68 bits per heavy atom. The summed E-state index contributed by atoms with van der Waals surface area (Å²) < 4.78 is 17.3. The molecule has 3 heterocycles. The summed E-state index contributed by atoms with van der Waals surface area (Å²) in [6, 6.07) is 12.9. The van der Waals surface area contributed by atoms with Crippen molar-refractivity contribution in [2.45, 2.75) is 6.92 Å². The van der Waals surface area contributed by atoms with Crippen LogP contribution in [0.1, 0.15) is 6.92 Å². The van der Waals surface area contributed by atoms with Crippen LogP contribution < -0.4 is 16.0 Å². The number of rotatable bonds is 8. The smallest absolute Gasteiger partial charge is 0.229 e. The maximum atomic E-state index is 15.2. The van der Waals surface area contributed by atoms with E-state index in [1.807, 2.05) is 50.4 Å². The summed E-state index contributed by atoms with van der Waals surface area (Å²) in [6.45, 7) is 2.76. The van der Waals surface area contributed by atoms with E-state index < -0.39 is 5.82 Å². The second-order valence-electron chi connectivity index (χ2n) is 9.22. The molecule has 190 valence electrons. The molecule has 0 aliphatic rings. The lowest BCUT2D eigenvalue weighted by Crippen LogP contribution is -2.21. The van der Waals surface area contributed by atoms with Gasteiger partial charge in [-0.2, -0.15) is 4.98 Å². The molecule has 0 bridgehead atoms. The molecule has 0 saturated heterocycles. The molecule has 10 heteroatoms. The van der Waals surface area contributed by atoms with Gasteiger partial charge in [-0.05, 0) is 32.3 Å². The summed E-state index contributed by atoms with van der Waals surface area (Å²) in [5.74, 6) is -0.516. The molecule has 0 atom stereocenters. The van der Waals surface area contributed by atoms with Crippen molar-refractivity contribution in [1.82, 2.24) is 24.4 Å². The van der Waals surface area contributed by atoms with E-state index in [2.05, 4.69) is 42.6 Å². The first-order chi connectivity index (χ1) is 17.8. The summed E-state index contributed by atoms with van der Waals surface area (Å²) in [5, 5.41) is 10.9. The Balaban J connectivity index is 1.55. The van der Waals surface area contributed by atoms with E-state index >= 15 is 4.39 Å². The van der Waals surface area contributed by atoms with Crippen molar-refractivity contribution in [3.63, 3.8) is 0 Å². The van der Waals surface area contributed by atoms with Crippen LogP contribution in [0.4, 0.5) is 27.4 Å². The summed E-state index contributed by atoms with van der Waals surface area (Å²) in [6.07, 6.45) is 3.84. The first kappa shape index (κ1) is 24.3. The molecule has 37 heavy (non-hydrogen) atoms.